The van der Waals surface area contributed by atoms with Gasteiger partial charge in [0.1, 0.15) is 17.5 Å². The summed E-state index contributed by atoms with van der Waals surface area (Å²) in [7, 11) is 3.46. The molecule has 276 valence electrons. The molecular weight excluding hydrogens is 671 g/mol. The van der Waals surface area contributed by atoms with E-state index in [2.05, 4.69) is 42.6 Å². The molecule has 13 heteroatoms. The Balaban J connectivity index is 3.08. The minimum Gasteiger partial charge on any atom is -0.378 e. The molecule has 48 heavy (non-hydrogen) atoms. The molecule has 0 aliphatic carbocycles. The molecule has 0 aromatic carbocycles. The van der Waals surface area contributed by atoms with E-state index in [9.17, 15) is 14.4 Å². The van der Waals surface area contributed by atoms with Gasteiger partial charge >= 0.3 is 0 Å². The Morgan fingerprint density at radius 2 is 0.917 bits per heavy atom. The van der Waals surface area contributed by atoms with Gasteiger partial charge in [0.05, 0.1) is 41.7 Å². The van der Waals surface area contributed by atoms with E-state index in [0.717, 1.165) is 32.0 Å². The largest absolute Gasteiger partial charge is 0.378 e. The number of aromatic nitrogens is 3. The Kier molecular flexibility index (Phi) is 21.2. The van der Waals surface area contributed by atoms with E-state index >= 15 is 0 Å². The third-order valence-electron chi connectivity index (χ3n) is 10.1. The van der Waals surface area contributed by atoms with Crippen molar-refractivity contribution >= 4 is 53.1 Å². The van der Waals surface area contributed by atoms with Crippen LogP contribution in [-0.4, -0.2) is 99.9 Å². The normalized spacial score (nSPS) is 12.8. The molecule has 0 amide bonds. The number of hydrogen-bond donors (Lipinski definition) is 0. The second-order valence-electron chi connectivity index (χ2n) is 11.9. The molecule has 0 atom stereocenters. The zero-order valence-corrected chi connectivity index (χ0v) is 33.6. The smallest absolute Gasteiger partial charge is 0.193 e. The summed E-state index contributed by atoms with van der Waals surface area (Å²) in [6, 6.07) is 0. The van der Waals surface area contributed by atoms with Crippen molar-refractivity contribution in [3.8, 4) is 0 Å². The molecule has 0 aliphatic heterocycles. The molecule has 0 aliphatic rings. The SMILES string of the molecule is CCC(CC)(CCOC(CC)(CC)C(=O)CSc1nc(SCC=O)nc(SCC(=O)C(CC)(CC)OCCC(CC)(CC)OC)n1)OC. The zero-order valence-electron chi connectivity index (χ0n) is 31.1. The lowest BCUT2D eigenvalue weighted by atomic mass is 9.91. The lowest BCUT2D eigenvalue weighted by molar-refractivity contribution is -0.147. The van der Waals surface area contributed by atoms with E-state index < -0.39 is 11.2 Å². The highest BCUT2D eigenvalue weighted by molar-refractivity contribution is 8.01. The van der Waals surface area contributed by atoms with Gasteiger partial charge in [0.2, 0.25) is 0 Å². The third kappa shape index (κ3) is 12.6. The van der Waals surface area contributed by atoms with Gasteiger partial charge in [-0.05, 0) is 64.2 Å². The van der Waals surface area contributed by atoms with Crippen molar-refractivity contribution in [2.45, 2.75) is 157 Å². The van der Waals surface area contributed by atoms with Gasteiger partial charge in [0.25, 0.3) is 0 Å². The van der Waals surface area contributed by atoms with E-state index in [1.807, 2.05) is 27.7 Å². The number of Topliss-reactive ketones (excluding diaryl/α,β-unsaturated/α-hetero) is 2. The molecule has 1 rings (SSSR count). The van der Waals surface area contributed by atoms with Crippen molar-refractivity contribution in [3.05, 3.63) is 0 Å². The summed E-state index contributed by atoms with van der Waals surface area (Å²) in [5.74, 6) is 0.349. The Labute approximate surface area is 302 Å². The topological polar surface area (TPSA) is 127 Å². The van der Waals surface area contributed by atoms with Gasteiger partial charge in [-0.1, -0.05) is 90.7 Å². The number of rotatable bonds is 29. The molecular formula is C35H61N3O7S3. The summed E-state index contributed by atoms with van der Waals surface area (Å²) in [6.45, 7) is 17.1. The Bertz CT molecular complexity index is 1020. The van der Waals surface area contributed by atoms with Gasteiger partial charge in [0, 0.05) is 14.2 Å². The van der Waals surface area contributed by atoms with Crippen LogP contribution in [0.1, 0.15) is 120 Å². The van der Waals surface area contributed by atoms with Crippen molar-refractivity contribution in [2.75, 3.05) is 44.7 Å². The monoisotopic (exact) mass is 731 g/mol. The van der Waals surface area contributed by atoms with E-state index in [1.54, 1.807) is 14.2 Å². The number of thioether (sulfide) groups is 3. The van der Waals surface area contributed by atoms with Gasteiger partial charge in [-0.25, -0.2) is 0 Å². The number of ketones is 2. The first-order valence-electron chi connectivity index (χ1n) is 17.5. The van der Waals surface area contributed by atoms with E-state index in [4.69, 9.17) is 18.9 Å². The van der Waals surface area contributed by atoms with Crippen molar-refractivity contribution in [1.82, 2.24) is 15.0 Å². The summed E-state index contributed by atoms with van der Waals surface area (Å²) in [6.07, 6.45) is 7.85. The Hall–Kier alpha value is -1.09. The molecule has 1 heterocycles. The van der Waals surface area contributed by atoms with Crippen LogP contribution < -0.4 is 0 Å². The second kappa shape index (κ2) is 22.7. The minimum atomic E-state index is -0.916. The molecule has 1 aromatic heterocycles. The highest BCUT2D eigenvalue weighted by Gasteiger charge is 2.38. The first-order chi connectivity index (χ1) is 23.0. The van der Waals surface area contributed by atoms with Crippen molar-refractivity contribution < 1.29 is 33.3 Å². The van der Waals surface area contributed by atoms with Crippen molar-refractivity contribution in [2.24, 2.45) is 0 Å². The fourth-order valence-corrected chi connectivity index (χ4v) is 8.20. The number of carbonyl (C=O) groups is 3. The molecule has 0 fully saturated rings. The quantitative estimate of drug-likeness (QED) is 0.0587. The maximum absolute atomic E-state index is 13.6. The molecule has 10 nitrogen and oxygen atoms in total. The molecule has 0 radical (unpaired) electrons. The third-order valence-corrected chi connectivity index (χ3v) is 12.6. The number of methoxy groups -OCH3 is 2. The summed E-state index contributed by atoms with van der Waals surface area (Å²) in [4.78, 5) is 52.0. The summed E-state index contributed by atoms with van der Waals surface area (Å²) in [5, 5.41) is 1.09. The highest BCUT2D eigenvalue weighted by atomic mass is 32.2. The Morgan fingerprint density at radius 3 is 1.19 bits per heavy atom. The predicted octanol–water partition coefficient (Wildman–Crippen LogP) is 7.83. The second-order valence-corrected chi connectivity index (χ2v) is 14.7. The average Bonchev–Trinajstić information content (AvgIpc) is 3.13. The fourth-order valence-electron chi connectivity index (χ4n) is 5.86. The van der Waals surface area contributed by atoms with Crippen LogP contribution in [0.2, 0.25) is 0 Å². The number of nitrogens with zero attached hydrogens (tertiary/aromatic N) is 3. The molecule has 0 saturated carbocycles. The molecule has 0 N–H and O–H groups in total. The van der Waals surface area contributed by atoms with Crippen LogP contribution in [0.3, 0.4) is 0 Å². The van der Waals surface area contributed by atoms with Gasteiger partial charge in [-0.2, -0.15) is 15.0 Å². The number of hydrogen-bond acceptors (Lipinski definition) is 13. The minimum absolute atomic E-state index is 0.0307. The summed E-state index contributed by atoms with van der Waals surface area (Å²) < 4.78 is 24.2. The van der Waals surface area contributed by atoms with Crippen LogP contribution in [0, 0.1) is 0 Å². The average molecular weight is 732 g/mol. The number of ether oxygens (including phenoxy) is 4. The molecule has 1 aromatic rings. The van der Waals surface area contributed by atoms with Crippen LogP contribution in [0.25, 0.3) is 0 Å². The summed E-state index contributed by atoms with van der Waals surface area (Å²) in [5.41, 5.74) is -2.36. The van der Waals surface area contributed by atoms with Crippen molar-refractivity contribution in [3.63, 3.8) is 0 Å². The predicted molar refractivity (Wildman–Crippen MR) is 196 cm³/mol. The molecule has 0 unspecified atom stereocenters. The fraction of sp³-hybridized carbons (Fsp3) is 0.829. The zero-order chi connectivity index (χ0) is 36.3. The Morgan fingerprint density at radius 1 is 0.583 bits per heavy atom. The van der Waals surface area contributed by atoms with Crippen molar-refractivity contribution in [1.29, 1.82) is 0 Å². The van der Waals surface area contributed by atoms with Crippen LogP contribution in [0.4, 0.5) is 0 Å². The maximum Gasteiger partial charge on any atom is 0.193 e. The molecule has 0 spiro atoms. The molecule has 0 bridgehead atoms. The number of aldehydes is 1. The van der Waals surface area contributed by atoms with Crippen LogP contribution >= 0.6 is 35.3 Å². The van der Waals surface area contributed by atoms with Gasteiger partial charge in [0.15, 0.2) is 27.0 Å². The van der Waals surface area contributed by atoms with Gasteiger partial charge < -0.3 is 23.7 Å². The van der Waals surface area contributed by atoms with Gasteiger partial charge in [-0.15, -0.1) is 0 Å². The number of carbonyl (C=O) groups excluding carboxylic acids is 3. The summed E-state index contributed by atoms with van der Waals surface area (Å²) >= 11 is 3.62. The lowest BCUT2D eigenvalue weighted by Crippen LogP contribution is -2.43. The van der Waals surface area contributed by atoms with Crippen LogP contribution in [0.15, 0.2) is 15.5 Å². The van der Waals surface area contributed by atoms with Crippen LogP contribution in [-0.2, 0) is 33.3 Å². The van der Waals surface area contributed by atoms with E-state index in [-0.39, 0.29) is 40.0 Å². The van der Waals surface area contributed by atoms with E-state index in [1.165, 1.54) is 35.3 Å². The first kappa shape index (κ1) is 44.9. The molecule has 0 saturated heterocycles. The maximum atomic E-state index is 13.6. The lowest BCUT2D eigenvalue weighted by Gasteiger charge is -2.34. The van der Waals surface area contributed by atoms with E-state index in [0.29, 0.717) is 67.2 Å². The van der Waals surface area contributed by atoms with Crippen LogP contribution in [0.5, 0.6) is 0 Å². The first-order valence-corrected chi connectivity index (χ1v) is 20.4. The van der Waals surface area contributed by atoms with Gasteiger partial charge in [-0.3, -0.25) is 9.59 Å². The standard InChI is InChI=1S/C35H61N3O7S3/c1-11-32(12-2,42-9)19-22-44-34(15-5,16-6)27(40)25-47-30-36-29(46-24-21-39)37-31(38-30)48-26-28(41)35(17-7,18-8)45-23-20-33(13-3,14-4)43-10/h21H,11-20,22-26H2,1-10H3. The highest BCUT2D eigenvalue weighted by Crippen LogP contribution is 2.32.